The van der Waals surface area contributed by atoms with Gasteiger partial charge in [0.15, 0.2) is 0 Å². The smallest absolute Gasteiger partial charge is 0.241 e. The minimum atomic E-state index is -0.0342. The molecule has 0 saturated heterocycles. The Labute approximate surface area is 60.9 Å². The predicted octanol–water partition coefficient (Wildman–Crippen LogP) is -0.330. The molecule has 0 unspecified atom stereocenters. The number of hydrogen-bond donors (Lipinski definition) is 1. The highest BCUT2D eigenvalue weighted by molar-refractivity contribution is 5.77. The molecule has 0 aromatic heterocycles. The zero-order valence-electron chi connectivity index (χ0n) is 6.59. The number of carbonyl (C=O) groups is 1. The van der Waals surface area contributed by atoms with E-state index >= 15 is 0 Å². The summed E-state index contributed by atoms with van der Waals surface area (Å²) in [4.78, 5) is 10.7. The topological polar surface area (TPSA) is 44.7 Å². The van der Waals surface area contributed by atoms with E-state index in [9.17, 15) is 4.79 Å². The van der Waals surface area contributed by atoms with E-state index in [1.165, 1.54) is 0 Å². The van der Waals surface area contributed by atoms with Crippen LogP contribution in [0.25, 0.3) is 0 Å². The van der Waals surface area contributed by atoms with Crippen LogP contribution in [-0.4, -0.2) is 37.8 Å². The van der Waals surface area contributed by atoms with Gasteiger partial charge in [0.1, 0.15) is 6.54 Å². The summed E-state index contributed by atoms with van der Waals surface area (Å²) in [5, 5.41) is 7.93. The molecule has 0 atom stereocenters. The fourth-order valence-electron chi connectivity index (χ4n) is 0.525. The lowest BCUT2D eigenvalue weighted by Gasteiger charge is -2.09. The maximum absolute atomic E-state index is 10.7. The van der Waals surface area contributed by atoms with Crippen LogP contribution in [0.15, 0.2) is 5.10 Å². The van der Waals surface area contributed by atoms with Gasteiger partial charge in [0.25, 0.3) is 0 Å². The molecule has 1 amide bonds. The summed E-state index contributed by atoms with van der Waals surface area (Å²) in [7, 11) is 3.35. The monoisotopic (exact) mass is 143 g/mol. The zero-order valence-corrected chi connectivity index (χ0v) is 6.59. The summed E-state index contributed by atoms with van der Waals surface area (Å²) in [6.45, 7) is 2.11. The first-order chi connectivity index (χ1) is 4.70. The number of amides is 1. The summed E-state index contributed by atoms with van der Waals surface area (Å²) in [5.41, 5.74) is 0. The second-order valence-corrected chi connectivity index (χ2v) is 1.86. The lowest BCUT2D eigenvalue weighted by Crippen LogP contribution is -2.30. The number of nitrogens with zero attached hydrogens (tertiary/aromatic N) is 2. The molecule has 0 saturated carbocycles. The fraction of sp³-hybridized carbons (Fsp3) is 0.667. The van der Waals surface area contributed by atoms with Gasteiger partial charge in [-0.3, -0.25) is 9.80 Å². The van der Waals surface area contributed by atoms with Crippen molar-refractivity contribution in [3.05, 3.63) is 0 Å². The SMILES string of the molecule is C/C=N\N(C)CC(=O)NC. The summed E-state index contributed by atoms with van der Waals surface area (Å²) in [5.74, 6) is -0.0342. The van der Waals surface area contributed by atoms with Crippen molar-refractivity contribution in [2.45, 2.75) is 6.92 Å². The molecule has 0 fully saturated rings. The molecule has 4 nitrogen and oxygen atoms in total. The van der Waals surface area contributed by atoms with Crippen LogP contribution in [-0.2, 0) is 4.79 Å². The third kappa shape index (κ3) is 3.88. The van der Waals surface area contributed by atoms with Gasteiger partial charge < -0.3 is 5.32 Å². The minimum Gasteiger partial charge on any atom is -0.358 e. The average molecular weight is 143 g/mol. The van der Waals surface area contributed by atoms with Crippen LogP contribution in [0.1, 0.15) is 6.92 Å². The first kappa shape index (κ1) is 8.94. The molecule has 0 heterocycles. The molecule has 0 aliphatic carbocycles. The van der Waals surface area contributed by atoms with Gasteiger partial charge in [0.05, 0.1) is 0 Å². The molecule has 0 aliphatic heterocycles. The highest BCUT2D eigenvalue weighted by Gasteiger charge is 1.98. The number of likely N-dealkylation sites (N-methyl/N-ethyl adjacent to an activating group) is 2. The molecule has 0 aliphatic rings. The van der Waals surface area contributed by atoms with E-state index in [-0.39, 0.29) is 5.91 Å². The normalized spacial score (nSPS) is 9.90. The third-order valence-corrected chi connectivity index (χ3v) is 0.964. The average Bonchev–Trinajstić information content (AvgIpc) is 1.88. The van der Waals surface area contributed by atoms with Crippen LogP contribution in [0.3, 0.4) is 0 Å². The third-order valence-electron chi connectivity index (χ3n) is 0.964. The molecule has 0 aromatic carbocycles. The lowest BCUT2D eigenvalue weighted by molar-refractivity contribution is -0.121. The minimum absolute atomic E-state index is 0.0342. The predicted molar refractivity (Wildman–Crippen MR) is 40.9 cm³/mol. The fourth-order valence-corrected chi connectivity index (χ4v) is 0.525. The second-order valence-electron chi connectivity index (χ2n) is 1.86. The van der Waals surface area contributed by atoms with Gasteiger partial charge in [0.2, 0.25) is 5.91 Å². The van der Waals surface area contributed by atoms with Crippen LogP contribution >= 0.6 is 0 Å². The molecule has 0 spiro atoms. The first-order valence-electron chi connectivity index (χ1n) is 3.11. The highest BCUT2D eigenvalue weighted by Crippen LogP contribution is 1.79. The van der Waals surface area contributed by atoms with Gasteiger partial charge in [-0.1, -0.05) is 0 Å². The number of rotatable bonds is 3. The molecule has 4 heteroatoms. The van der Waals surface area contributed by atoms with E-state index in [2.05, 4.69) is 10.4 Å². The molecule has 58 valence electrons. The van der Waals surface area contributed by atoms with Crippen molar-refractivity contribution in [1.29, 1.82) is 0 Å². The molecule has 0 bridgehead atoms. The van der Waals surface area contributed by atoms with Crippen LogP contribution in [0.2, 0.25) is 0 Å². The second kappa shape index (κ2) is 4.78. The molecule has 0 rings (SSSR count). The van der Waals surface area contributed by atoms with Crippen LogP contribution < -0.4 is 5.32 Å². The van der Waals surface area contributed by atoms with Gasteiger partial charge in [-0.2, -0.15) is 5.10 Å². The Kier molecular flexibility index (Phi) is 4.28. The van der Waals surface area contributed by atoms with Crippen molar-refractivity contribution in [2.24, 2.45) is 5.10 Å². The van der Waals surface area contributed by atoms with Gasteiger partial charge in [-0.05, 0) is 6.92 Å². The standard InChI is InChI=1S/C6H13N3O/c1-4-8-9(3)5-6(10)7-2/h4H,5H2,1-3H3,(H,7,10)/b8-4-. The van der Waals surface area contributed by atoms with E-state index in [1.54, 1.807) is 32.2 Å². The van der Waals surface area contributed by atoms with Crippen molar-refractivity contribution in [3.63, 3.8) is 0 Å². The van der Waals surface area contributed by atoms with Gasteiger partial charge in [-0.15, -0.1) is 0 Å². The van der Waals surface area contributed by atoms with Crippen molar-refractivity contribution in [1.82, 2.24) is 10.3 Å². The van der Waals surface area contributed by atoms with E-state index in [0.29, 0.717) is 6.54 Å². The largest absolute Gasteiger partial charge is 0.358 e. The molecule has 0 aromatic rings. The molecular formula is C6H13N3O. The number of nitrogens with one attached hydrogen (secondary N) is 1. The van der Waals surface area contributed by atoms with Crippen molar-refractivity contribution >= 4 is 12.1 Å². The Balaban J connectivity index is 3.57. The molecule has 0 radical (unpaired) electrons. The van der Waals surface area contributed by atoms with Crippen LogP contribution in [0.4, 0.5) is 0 Å². The number of hydrogen-bond acceptors (Lipinski definition) is 3. The lowest BCUT2D eigenvalue weighted by atomic mass is 10.6. The van der Waals surface area contributed by atoms with E-state index in [0.717, 1.165) is 0 Å². The van der Waals surface area contributed by atoms with E-state index in [4.69, 9.17) is 0 Å². The maximum Gasteiger partial charge on any atom is 0.241 e. The zero-order chi connectivity index (χ0) is 7.98. The first-order valence-corrected chi connectivity index (χ1v) is 3.11. The Bertz CT molecular complexity index is 133. The Hall–Kier alpha value is -1.06. The van der Waals surface area contributed by atoms with Crippen molar-refractivity contribution in [3.8, 4) is 0 Å². The number of carbonyl (C=O) groups excluding carboxylic acids is 1. The van der Waals surface area contributed by atoms with E-state index < -0.39 is 0 Å². The van der Waals surface area contributed by atoms with Crippen molar-refractivity contribution < 1.29 is 4.79 Å². The van der Waals surface area contributed by atoms with Gasteiger partial charge >= 0.3 is 0 Å². The summed E-state index contributed by atoms with van der Waals surface area (Å²) in [6, 6.07) is 0. The summed E-state index contributed by atoms with van der Waals surface area (Å²) < 4.78 is 0. The Morgan fingerprint density at radius 1 is 1.80 bits per heavy atom. The summed E-state index contributed by atoms with van der Waals surface area (Å²) >= 11 is 0. The summed E-state index contributed by atoms with van der Waals surface area (Å²) in [6.07, 6.45) is 1.64. The molecule has 1 N–H and O–H groups in total. The highest BCUT2D eigenvalue weighted by atomic mass is 16.2. The quantitative estimate of drug-likeness (QED) is 0.434. The van der Waals surface area contributed by atoms with Crippen LogP contribution in [0, 0.1) is 0 Å². The number of hydrazone groups is 1. The van der Waals surface area contributed by atoms with Gasteiger partial charge in [-0.25, -0.2) is 0 Å². The van der Waals surface area contributed by atoms with E-state index in [1.807, 2.05) is 0 Å². The molecule has 10 heavy (non-hydrogen) atoms. The Morgan fingerprint density at radius 2 is 2.40 bits per heavy atom. The van der Waals surface area contributed by atoms with Crippen molar-refractivity contribution in [2.75, 3.05) is 20.6 Å². The van der Waals surface area contributed by atoms with Crippen LogP contribution in [0.5, 0.6) is 0 Å². The maximum atomic E-state index is 10.7. The Morgan fingerprint density at radius 3 is 2.80 bits per heavy atom. The molecular weight excluding hydrogens is 130 g/mol. The van der Waals surface area contributed by atoms with Gasteiger partial charge in [0, 0.05) is 20.3 Å².